The molecule has 0 unspecified atom stereocenters. The lowest BCUT2D eigenvalue weighted by Crippen LogP contribution is -2.31. The summed E-state index contributed by atoms with van der Waals surface area (Å²) in [6.07, 6.45) is 0.350. The van der Waals surface area contributed by atoms with Crippen LogP contribution in [-0.4, -0.2) is 18.5 Å². The van der Waals surface area contributed by atoms with Gasteiger partial charge >= 0.3 is 0 Å². The number of hydrogen-bond acceptors (Lipinski definition) is 2. The van der Waals surface area contributed by atoms with Crippen molar-refractivity contribution in [2.45, 2.75) is 26.3 Å². The van der Waals surface area contributed by atoms with Crippen molar-refractivity contribution in [3.8, 4) is 0 Å². The molecule has 0 aliphatic carbocycles. The van der Waals surface area contributed by atoms with Gasteiger partial charge in [0.1, 0.15) is 5.82 Å². The SMILES string of the molecule is CC(C)NC(=O)CCNc1ccc(Cl)c(F)c1. The molecule has 0 heterocycles. The quantitative estimate of drug-likeness (QED) is 0.853. The number of anilines is 1. The van der Waals surface area contributed by atoms with Gasteiger partial charge in [-0.1, -0.05) is 11.6 Å². The van der Waals surface area contributed by atoms with E-state index in [1.807, 2.05) is 13.8 Å². The molecule has 0 bridgehead atoms. The van der Waals surface area contributed by atoms with Crippen LogP contribution in [0.5, 0.6) is 0 Å². The monoisotopic (exact) mass is 258 g/mol. The molecule has 0 fully saturated rings. The summed E-state index contributed by atoms with van der Waals surface area (Å²) in [5.74, 6) is -0.495. The Bertz CT molecular complexity index is 396. The van der Waals surface area contributed by atoms with Gasteiger partial charge < -0.3 is 10.6 Å². The molecule has 17 heavy (non-hydrogen) atoms. The number of rotatable bonds is 5. The number of carbonyl (C=O) groups excluding carboxylic acids is 1. The summed E-state index contributed by atoms with van der Waals surface area (Å²) in [6.45, 7) is 4.26. The van der Waals surface area contributed by atoms with Crippen LogP contribution in [0.1, 0.15) is 20.3 Å². The Labute approximate surface area is 105 Å². The molecule has 94 valence electrons. The summed E-state index contributed by atoms with van der Waals surface area (Å²) in [4.78, 5) is 11.3. The van der Waals surface area contributed by atoms with Crippen LogP contribution in [0.2, 0.25) is 5.02 Å². The Kier molecular flexibility index (Phi) is 5.22. The topological polar surface area (TPSA) is 41.1 Å². The van der Waals surface area contributed by atoms with E-state index in [4.69, 9.17) is 11.6 Å². The molecule has 0 aliphatic heterocycles. The smallest absolute Gasteiger partial charge is 0.221 e. The van der Waals surface area contributed by atoms with Gasteiger partial charge in [-0.3, -0.25) is 4.79 Å². The van der Waals surface area contributed by atoms with Gasteiger partial charge in [-0.05, 0) is 32.0 Å². The standard InChI is InChI=1S/C12H16ClFN2O/c1-8(2)16-12(17)5-6-15-9-3-4-10(13)11(14)7-9/h3-4,7-8,15H,5-6H2,1-2H3,(H,16,17). The van der Waals surface area contributed by atoms with Gasteiger partial charge in [-0.15, -0.1) is 0 Å². The molecule has 5 heteroatoms. The third-order valence-corrected chi connectivity index (χ3v) is 2.36. The van der Waals surface area contributed by atoms with Gasteiger partial charge in [-0.2, -0.15) is 0 Å². The Morgan fingerprint density at radius 2 is 2.18 bits per heavy atom. The Morgan fingerprint density at radius 1 is 1.47 bits per heavy atom. The van der Waals surface area contributed by atoms with Gasteiger partial charge in [0, 0.05) is 24.7 Å². The summed E-state index contributed by atoms with van der Waals surface area (Å²) in [6, 6.07) is 4.59. The van der Waals surface area contributed by atoms with E-state index in [0.29, 0.717) is 18.7 Å². The minimum atomic E-state index is -0.469. The van der Waals surface area contributed by atoms with E-state index in [2.05, 4.69) is 10.6 Å². The van der Waals surface area contributed by atoms with Crippen LogP contribution < -0.4 is 10.6 Å². The molecule has 0 spiro atoms. The molecule has 1 aromatic carbocycles. The van der Waals surface area contributed by atoms with Crippen molar-refractivity contribution in [3.63, 3.8) is 0 Å². The first-order valence-corrected chi connectivity index (χ1v) is 5.85. The molecule has 0 saturated carbocycles. The lowest BCUT2D eigenvalue weighted by atomic mass is 10.3. The second kappa shape index (κ2) is 6.45. The van der Waals surface area contributed by atoms with Gasteiger partial charge in [0.2, 0.25) is 5.91 Å². The number of halogens is 2. The average Bonchev–Trinajstić information content (AvgIpc) is 2.22. The average molecular weight is 259 g/mol. The molecule has 0 atom stereocenters. The van der Waals surface area contributed by atoms with Crippen molar-refractivity contribution < 1.29 is 9.18 Å². The maximum absolute atomic E-state index is 13.1. The summed E-state index contributed by atoms with van der Waals surface area (Å²) < 4.78 is 13.1. The summed E-state index contributed by atoms with van der Waals surface area (Å²) >= 11 is 5.56. The largest absolute Gasteiger partial charge is 0.384 e. The van der Waals surface area contributed by atoms with Gasteiger partial charge in [0.15, 0.2) is 0 Å². The zero-order valence-corrected chi connectivity index (χ0v) is 10.6. The van der Waals surface area contributed by atoms with E-state index in [1.54, 1.807) is 6.07 Å². The lowest BCUT2D eigenvalue weighted by Gasteiger charge is -2.09. The predicted octanol–water partition coefficient (Wildman–Crippen LogP) is 2.81. The Morgan fingerprint density at radius 3 is 2.76 bits per heavy atom. The van der Waals surface area contributed by atoms with Crippen LogP contribution in [0.4, 0.5) is 10.1 Å². The number of amides is 1. The molecule has 0 radical (unpaired) electrons. The molecule has 1 aromatic rings. The molecule has 0 aliphatic rings. The second-order valence-corrected chi connectivity index (χ2v) is 4.44. The van der Waals surface area contributed by atoms with E-state index in [-0.39, 0.29) is 17.0 Å². The lowest BCUT2D eigenvalue weighted by molar-refractivity contribution is -0.121. The number of carbonyl (C=O) groups is 1. The predicted molar refractivity (Wildman–Crippen MR) is 67.8 cm³/mol. The number of nitrogens with one attached hydrogen (secondary N) is 2. The third-order valence-electron chi connectivity index (χ3n) is 2.05. The number of hydrogen-bond donors (Lipinski definition) is 2. The Hall–Kier alpha value is -1.29. The molecular formula is C12H16ClFN2O. The molecule has 3 nitrogen and oxygen atoms in total. The molecule has 1 rings (SSSR count). The fourth-order valence-electron chi connectivity index (χ4n) is 1.32. The first-order chi connectivity index (χ1) is 7.99. The highest BCUT2D eigenvalue weighted by Crippen LogP contribution is 2.18. The van der Waals surface area contributed by atoms with E-state index in [9.17, 15) is 9.18 Å². The summed E-state index contributed by atoms with van der Waals surface area (Å²) in [7, 11) is 0. The van der Waals surface area contributed by atoms with E-state index < -0.39 is 5.82 Å². The van der Waals surface area contributed by atoms with Crippen molar-refractivity contribution in [3.05, 3.63) is 29.0 Å². The van der Waals surface area contributed by atoms with Crippen molar-refractivity contribution in [2.24, 2.45) is 0 Å². The Balaban J connectivity index is 2.36. The van der Waals surface area contributed by atoms with Crippen molar-refractivity contribution in [1.82, 2.24) is 5.32 Å². The third kappa shape index (κ3) is 5.04. The van der Waals surface area contributed by atoms with E-state index in [1.165, 1.54) is 12.1 Å². The fraction of sp³-hybridized carbons (Fsp3) is 0.417. The van der Waals surface area contributed by atoms with Crippen molar-refractivity contribution >= 4 is 23.2 Å². The summed E-state index contributed by atoms with van der Waals surface area (Å²) in [5.41, 5.74) is 0.615. The minimum Gasteiger partial charge on any atom is -0.384 e. The van der Waals surface area contributed by atoms with E-state index in [0.717, 1.165) is 0 Å². The maximum Gasteiger partial charge on any atom is 0.221 e. The van der Waals surface area contributed by atoms with Crippen molar-refractivity contribution in [1.29, 1.82) is 0 Å². The molecule has 0 aromatic heterocycles. The highest BCUT2D eigenvalue weighted by Gasteiger charge is 2.04. The second-order valence-electron chi connectivity index (χ2n) is 4.03. The normalized spacial score (nSPS) is 10.4. The highest BCUT2D eigenvalue weighted by atomic mass is 35.5. The first kappa shape index (κ1) is 13.8. The number of benzene rings is 1. The van der Waals surface area contributed by atoms with Gasteiger partial charge in [0.05, 0.1) is 5.02 Å². The summed E-state index contributed by atoms with van der Waals surface area (Å²) in [5, 5.41) is 5.82. The molecule has 0 saturated heterocycles. The zero-order chi connectivity index (χ0) is 12.8. The highest BCUT2D eigenvalue weighted by molar-refractivity contribution is 6.30. The minimum absolute atomic E-state index is 0.0260. The van der Waals surface area contributed by atoms with Gasteiger partial charge in [-0.25, -0.2) is 4.39 Å². The first-order valence-electron chi connectivity index (χ1n) is 5.47. The maximum atomic E-state index is 13.1. The van der Waals surface area contributed by atoms with Crippen LogP contribution in [0, 0.1) is 5.82 Å². The van der Waals surface area contributed by atoms with Crippen LogP contribution in [0.3, 0.4) is 0 Å². The van der Waals surface area contributed by atoms with E-state index >= 15 is 0 Å². The van der Waals surface area contributed by atoms with Gasteiger partial charge in [0.25, 0.3) is 0 Å². The van der Waals surface area contributed by atoms with Crippen LogP contribution >= 0.6 is 11.6 Å². The molecular weight excluding hydrogens is 243 g/mol. The van der Waals surface area contributed by atoms with Crippen molar-refractivity contribution in [2.75, 3.05) is 11.9 Å². The molecule has 2 N–H and O–H groups in total. The van der Waals surface area contributed by atoms with Crippen LogP contribution in [0.25, 0.3) is 0 Å². The van der Waals surface area contributed by atoms with Crippen LogP contribution in [-0.2, 0) is 4.79 Å². The fourth-order valence-corrected chi connectivity index (χ4v) is 1.44. The zero-order valence-electron chi connectivity index (χ0n) is 9.89. The molecule has 1 amide bonds. The van der Waals surface area contributed by atoms with Crippen LogP contribution in [0.15, 0.2) is 18.2 Å².